The van der Waals surface area contributed by atoms with Crippen molar-refractivity contribution >= 4 is 21.6 Å². The van der Waals surface area contributed by atoms with Gasteiger partial charge in [0, 0.05) is 37.9 Å². The molecule has 0 radical (unpaired) electrons. The number of carbonyl (C=O) groups excluding carboxylic acids is 1. The third-order valence-electron chi connectivity index (χ3n) is 7.70. The van der Waals surface area contributed by atoms with Gasteiger partial charge in [0.25, 0.3) is 5.91 Å². The molecule has 8 heteroatoms. The monoisotopic (exact) mass is 463 g/mol. The normalized spacial score (nSPS) is 26.5. The fourth-order valence-corrected chi connectivity index (χ4v) is 7.43. The average molecular weight is 464 g/mol. The summed E-state index contributed by atoms with van der Waals surface area (Å²) in [7, 11) is -3.65. The predicted molar refractivity (Wildman–Crippen MR) is 125 cm³/mol. The van der Waals surface area contributed by atoms with E-state index in [1.807, 2.05) is 13.8 Å². The van der Waals surface area contributed by atoms with Crippen molar-refractivity contribution in [3.8, 4) is 0 Å². The Hall–Kier alpha value is -1.64. The molecule has 4 atom stereocenters. The lowest BCUT2D eigenvalue weighted by Gasteiger charge is -2.32. The Bertz CT molecular complexity index is 925. The fraction of sp³-hybridized carbons (Fsp3) is 0.708. The van der Waals surface area contributed by atoms with Crippen LogP contribution < -0.4 is 10.2 Å². The Morgan fingerprint density at radius 2 is 1.91 bits per heavy atom. The quantitative estimate of drug-likeness (QED) is 0.641. The Labute approximate surface area is 192 Å². The minimum Gasteiger partial charge on any atom is -0.378 e. The van der Waals surface area contributed by atoms with Gasteiger partial charge in [-0.1, -0.05) is 20.3 Å². The smallest absolute Gasteiger partial charge is 0.253 e. The summed E-state index contributed by atoms with van der Waals surface area (Å²) < 4.78 is 33.2. The number of carbonyl (C=O) groups is 1. The molecule has 2 bridgehead atoms. The van der Waals surface area contributed by atoms with E-state index in [-0.39, 0.29) is 16.8 Å². The van der Waals surface area contributed by atoms with E-state index in [0.29, 0.717) is 56.8 Å². The number of amides is 1. The Balaban J connectivity index is 1.63. The highest BCUT2D eigenvalue weighted by Crippen LogP contribution is 2.49. The summed E-state index contributed by atoms with van der Waals surface area (Å²) in [5.74, 6) is 1.87. The third-order valence-corrected chi connectivity index (χ3v) is 9.75. The molecule has 2 saturated carbocycles. The van der Waals surface area contributed by atoms with Crippen molar-refractivity contribution in [2.75, 3.05) is 44.3 Å². The van der Waals surface area contributed by atoms with Crippen LogP contribution in [0.1, 0.15) is 56.8 Å². The lowest BCUT2D eigenvalue weighted by Crippen LogP contribution is -2.42. The number of hydrogen-bond donors (Lipinski definition) is 1. The highest BCUT2D eigenvalue weighted by Gasteiger charge is 2.42. The highest BCUT2D eigenvalue weighted by molar-refractivity contribution is 7.89. The number of hydrogen-bond acceptors (Lipinski definition) is 5. The number of nitrogens with zero attached hydrogens (tertiary/aromatic N) is 2. The van der Waals surface area contributed by atoms with Gasteiger partial charge in [0.05, 0.1) is 23.7 Å². The Kier molecular flexibility index (Phi) is 7.12. The summed E-state index contributed by atoms with van der Waals surface area (Å²) in [6, 6.07) is 5.08. The molecule has 1 N–H and O–H groups in total. The summed E-state index contributed by atoms with van der Waals surface area (Å²) in [6.45, 7) is 9.12. The molecule has 1 heterocycles. The van der Waals surface area contributed by atoms with Crippen LogP contribution in [0.15, 0.2) is 23.1 Å². The van der Waals surface area contributed by atoms with E-state index in [9.17, 15) is 13.2 Å². The van der Waals surface area contributed by atoms with E-state index in [4.69, 9.17) is 4.74 Å². The summed E-state index contributed by atoms with van der Waals surface area (Å²) in [5, 5.41) is 3.23. The molecule has 0 unspecified atom stereocenters. The number of anilines is 1. The topological polar surface area (TPSA) is 79.0 Å². The molecular weight excluding hydrogens is 426 g/mol. The zero-order valence-corrected chi connectivity index (χ0v) is 20.4. The van der Waals surface area contributed by atoms with Crippen LogP contribution in [0.4, 0.5) is 5.69 Å². The average Bonchev–Trinajstić information content (AvgIpc) is 3.44. The van der Waals surface area contributed by atoms with E-state index in [1.165, 1.54) is 30.0 Å². The number of nitrogens with one attached hydrogen (secondary N) is 1. The second-order valence-corrected chi connectivity index (χ2v) is 11.4. The van der Waals surface area contributed by atoms with Crippen LogP contribution in [0.2, 0.25) is 0 Å². The second kappa shape index (κ2) is 9.69. The van der Waals surface area contributed by atoms with Crippen LogP contribution in [0.5, 0.6) is 0 Å². The van der Waals surface area contributed by atoms with Crippen LogP contribution in [0.3, 0.4) is 0 Å². The van der Waals surface area contributed by atoms with Gasteiger partial charge in [0.15, 0.2) is 0 Å². The minimum absolute atomic E-state index is 0.0818. The van der Waals surface area contributed by atoms with Crippen LogP contribution in [0.25, 0.3) is 0 Å². The van der Waals surface area contributed by atoms with Gasteiger partial charge >= 0.3 is 0 Å². The molecule has 178 valence electrons. The molecule has 3 aliphatic rings. The van der Waals surface area contributed by atoms with E-state index >= 15 is 0 Å². The largest absolute Gasteiger partial charge is 0.378 e. The van der Waals surface area contributed by atoms with Crippen molar-refractivity contribution in [1.29, 1.82) is 0 Å². The van der Waals surface area contributed by atoms with Crippen LogP contribution in [0, 0.1) is 17.8 Å². The SMILES string of the molecule is CCN(CC)S(=O)(=O)c1ccc(N2CCOCC2)c(C(=O)N[C@@H](C)[C@H]2C[C@H]3CC[C@H]2C3)c1. The van der Waals surface area contributed by atoms with Crippen molar-refractivity contribution in [1.82, 2.24) is 9.62 Å². The van der Waals surface area contributed by atoms with E-state index < -0.39 is 10.0 Å². The van der Waals surface area contributed by atoms with Gasteiger partial charge in [-0.05, 0) is 62.1 Å². The first-order chi connectivity index (χ1) is 15.3. The summed E-state index contributed by atoms with van der Waals surface area (Å²) >= 11 is 0. The summed E-state index contributed by atoms with van der Waals surface area (Å²) in [5.41, 5.74) is 1.22. The number of rotatable bonds is 8. The molecular formula is C24H37N3O4S. The van der Waals surface area contributed by atoms with E-state index in [2.05, 4.69) is 17.1 Å². The third kappa shape index (κ3) is 4.54. The predicted octanol–water partition coefficient (Wildman–Crippen LogP) is 3.11. The summed E-state index contributed by atoms with van der Waals surface area (Å²) in [4.78, 5) is 15.8. The molecule has 1 amide bonds. The molecule has 32 heavy (non-hydrogen) atoms. The summed E-state index contributed by atoms with van der Waals surface area (Å²) in [6.07, 6.45) is 5.08. The van der Waals surface area contributed by atoms with Gasteiger partial charge in [-0.25, -0.2) is 8.42 Å². The fourth-order valence-electron chi connectivity index (χ4n) is 5.95. The first kappa shape index (κ1) is 23.5. The van der Waals surface area contributed by atoms with Gasteiger partial charge in [-0.15, -0.1) is 0 Å². The molecule has 3 fully saturated rings. The van der Waals surface area contributed by atoms with Gasteiger partial charge in [0.2, 0.25) is 10.0 Å². The Morgan fingerprint density at radius 1 is 1.19 bits per heavy atom. The van der Waals surface area contributed by atoms with Crippen LogP contribution in [-0.2, 0) is 14.8 Å². The number of sulfonamides is 1. The van der Waals surface area contributed by atoms with Gasteiger partial charge in [-0.3, -0.25) is 4.79 Å². The van der Waals surface area contributed by atoms with Gasteiger partial charge in [0.1, 0.15) is 0 Å². The highest BCUT2D eigenvalue weighted by atomic mass is 32.2. The van der Waals surface area contributed by atoms with Crippen molar-refractivity contribution < 1.29 is 17.9 Å². The maximum atomic E-state index is 13.5. The van der Waals surface area contributed by atoms with Crippen molar-refractivity contribution in [3.63, 3.8) is 0 Å². The van der Waals surface area contributed by atoms with Gasteiger partial charge < -0.3 is 15.0 Å². The first-order valence-corrected chi connectivity index (χ1v) is 13.6. The number of fused-ring (bicyclic) bond motifs is 2. The van der Waals surface area contributed by atoms with Crippen LogP contribution >= 0.6 is 0 Å². The molecule has 4 rings (SSSR count). The molecule has 0 aromatic heterocycles. The van der Waals surface area contributed by atoms with Crippen molar-refractivity contribution in [2.45, 2.75) is 57.4 Å². The molecule has 0 spiro atoms. The standard InChI is InChI=1S/C24H37N3O4S/c1-4-27(5-2)32(29,30)20-8-9-23(26-10-12-31-13-11-26)22(16-20)24(28)25-17(3)21-15-18-6-7-19(21)14-18/h8-9,16-19,21H,4-7,10-15H2,1-3H3,(H,25,28)/t17-,18-,19-,21+/m0/s1. The molecule has 7 nitrogen and oxygen atoms in total. The number of benzene rings is 1. The van der Waals surface area contributed by atoms with E-state index in [0.717, 1.165) is 11.6 Å². The lowest BCUT2D eigenvalue weighted by atomic mass is 9.84. The zero-order valence-electron chi connectivity index (χ0n) is 19.5. The van der Waals surface area contributed by atoms with E-state index in [1.54, 1.807) is 18.2 Å². The van der Waals surface area contributed by atoms with Gasteiger partial charge in [-0.2, -0.15) is 4.31 Å². The zero-order chi connectivity index (χ0) is 22.9. The first-order valence-electron chi connectivity index (χ1n) is 12.1. The molecule has 1 aliphatic heterocycles. The number of morpholine rings is 1. The maximum absolute atomic E-state index is 13.5. The molecule has 1 saturated heterocycles. The molecule has 2 aliphatic carbocycles. The minimum atomic E-state index is -3.65. The Morgan fingerprint density at radius 3 is 2.50 bits per heavy atom. The van der Waals surface area contributed by atoms with Crippen molar-refractivity contribution in [3.05, 3.63) is 23.8 Å². The molecule has 1 aromatic carbocycles. The second-order valence-electron chi connectivity index (χ2n) is 9.47. The van der Waals surface area contributed by atoms with Crippen molar-refractivity contribution in [2.24, 2.45) is 17.8 Å². The number of ether oxygens (including phenoxy) is 1. The molecule has 1 aromatic rings. The van der Waals surface area contributed by atoms with Crippen LogP contribution in [-0.4, -0.2) is 64.1 Å². The maximum Gasteiger partial charge on any atom is 0.253 e. The lowest BCUT2D eigenvalue weighted by molar-refractivity contribution is 0.0914.